The van der Waals surface area contributed by atoms with Gasteiger partial charge in [-0.2, -0.15) is 0 Å². The molecule has 0 aliphatic carbocycles. The third-order valence-corrected chi connectivity index (χ3v) is 9.77. The molecular weight excluding hydrogens is 524 g/mol. The number of carbonyl (C=O) groups is 3. The van der Waals surface area contributed by atoms with E-state index in [1.165, 1.54) is 0 Å². The van der Waals surface area contributed by atoms with Crippen LogP contribution in [0.3, 0.4) is 0 Å². The number of hydrogen-bond acceptors (Lipinski definition) is 7. The quantitative estimate of drug-likeness (QED) is 0.365. The van der Waals surface area contributed by atoms with Crippen molar-refractivity contribution in [3.05, 3.63) is 35.9 Å². The number of rotatable bonds is 11. The van der Waals surface area contributed by atoms with Gasteiger partial charge in [-0.1, -0.05) is 51.1 Å². The number of likely N-dealkylation sites (tertiary alicyclic amines) is 1. The van der Waals surface area contributed by atoms with E-state index in [2.05, 4.69) is 15.5 Å². The monoisotopic (exact) mass is 570 g/mol. The van der Waals surface area contributed by atoms with Crippen LogP contribution in [0.15, 0.2) is 30.3 Å². The van der Waals surface area contributed by atoms with Crippen LogP contribution in [-0.4, -0.2) is 102 Å². The second-order valence-corrected chi connectivity index (χ2v) is 12.9. The Hall–Kier alpha value is -2.53. The lowest BCUT2D eigenvalue weighted by Crippen LogP contribution is -2.59. The van der Waals surface area contributed by atoms with Crippen LogP contribution in [0.4, 0.5) is 0 Å². The summed E-state index contributed by atoms with van der Waals surface area (Å²) in [5.74, 6) is -2.17. The Morgan fingerprint density at radius 1 is 1.12 bits per heavy atom. The predicted molar refractivity (Wildman–Crippen MR) is 153 cm³/mol. The zero-order valence-electron chi connectivity index (χ0n) is 24.8. The number of nitrogens with one attached hydrogen (secondary N) is 2. The molecule has 10 heteroatoms. The summed E-state index contributed by atoms with van der Waals surface area (Å²) in [5.41, 5.74) is -1.05. The molecule has 5 rings (SSSR count). The zero-order valence-corrected chi connectivity index (χ0v) is 24.8. The number of benzene rings is 1. The normalized spacial score (nSPS) is 33.7. The van der Waals surface area contributed by atoms with Crippen LogP contribution in [0.1, 0.15) is 46.1 Å². The van der Waals surface area contributed by atoms with Crippen molar-refractivity contribution in [1.82, 2.24) is 20.4 Å². The van der Waals surface area contributed by atoms with Crippen LogP contribution < -0.4 is 10.6 Å². The van der Waals surface area contributed by atoms with Gasteiger partial charge in [-0.3, -0.25) is 19.3 Å². The van der Waals surface area contributed by atoms with Gasteiger partial charge in [0.15, 0.2) is 0 Å². The molecule has 0 radical (unpaired) electrons. The molecule has 2 bridgehead atoms. The zero-order chi connectivity index (χ0) is 29.4. The summed E-state index contributed by atoms with van der Waals surface area (Å²) in [6.07, 6.45) is 1.04. The molecule has 4 heterocycles. The lowest BCUT2D eigenvalue weighted by atomic mass is 9.62. The molecule has 4 saturated heterocycles. The summed E-state index contributed by atoms with van der Waals surface area (Å²) in [4.78, 5) is 46.1. The smallest absolute Gasteiger partial charge is 0.245 e. The standard InChI is InChI=1S/C31H46N4O6/c1-20(2)16-23(19-36)35-26(28(38)32-10-11-34-12-14-40-15-13-34)31-17-21(3)30(4,41-31)24(25(31)29(35)39)27(37)33-18-22-8-6-5-7-9-22/h5-9,20-21,23-26,36H,10-19H2,1-4H3,(H,32,38)(H,33,37)/t21?,23-,24+,25+,26?,30-,31?/m1/s1. The number of carbonyl (C=O) groups excluding carboxylic acids is 3. The first-order chi connectivity index (χ1) is 19.6. The molecule has 7 atom stereocenters. The van der Waals surface area contributed by atoms with E-state index in [0.29, 0.717) is 45.7 Å². The minimum Gasteiger partial charge on any atom is -0.394 e. The molecule has 1 aromatic rings. The van der Waals surface area contributed by atoms with E-state index in [1.54, 1.807) is 4.90 Å². The van der Waals surface area contributed by atoms with Gasteiger partial charge in [0.25, 0.3) is 0 Å². The van der Waals surface area contributed by atoms with E-state index in [9.17, 15) is 19.5 Å². The number of aliphatic hydroxyl groups excluding tert-OH is 1. The number of hydrogen-bond donors (Lipinski definition) is 3. The van der Waals surface area contributed by atoms with Gasteiger partial charge < -0.3 is 30.1 Å². The third-order valence-electron chi connectivity index (χ3n) is 9.77. The number of morpholine rings is 1. The molecule has 4 aliphatic heterocycles. The Bertz CT molecular complexity index is 1110. The van der Waals surface area contributed by atoms with Gasteiger partial charge in [0, 0.05) is 32.7 Å². The van der Waals surface area contributed by atoms with Crippen LogP contribution in [-0.2, 0) is 30.4 Å². The maximum atomic E-state index is 14.4. The fourth-order valence-electron chi connectivity index (χ4n) is 7.74. The molecule has 0 aromatic heterocycles. The van der Waals surface area contributed by atoms with Crippen LogP contribution in [0.2, 0.25) is 0 Å². The molecule has 0 saturated carbocycles. The van der Waals surface area contributed by atoms with Crippen molar-refractivity contribution in [2.75, 3.05) is 46.0 Å². The molecule has 1 spiro atoms. The Kier molecular flexibility index (Phi) is 8.76. The molecule has 10 nitrogen and oxygen atoms in total. The number of nitrogens with zero attached hydrogens (tertiary/aromatic N) is 2. The summed E-state index contributed by atoms with van der Waals surface area (Å²) in [6, 6.07) is 8.19. The van der Waals surface area contributed by atoms with Crippen molar-refractivity contribution in [3.63, 3.8) is 0 Å². The van der Waals surface area contributed by atoms with E-state index in [-0.39, 0.29) is 36.2 Å². The van der Waals surface area contributed by atoms with Gasteiger partial charge >= 0.3 is 0 Å². The first-order valence-electron chi connectivity index (χ1n) is 15.1. The van der Waals surface area contributed by atoms with Crippen molar-refractivity contribution in [2.24, 2.45) is 23.7 Å². The second-order valence-electron chi connectivity index (χ2n) is 12.9. The molecule has 41 heavy (non-hydrogen) atoms. The summed E-state index contributed by atoms with van der Waals surface area (Å²) in [5, 5.41) is 16.6. The van der Waals surface area contributed by atoms with Crippen LogP contribution in [0, 0.1) is 23.7 Å². The van der Waals surface area contributed by atoms with Crippen LogP contribution in [0.5, 0.6) is 0 Å². The summed E-state index contributed by atoms with van der Waals surface area (Å²) >= 11 is 0. The first-order valence-corrected chi connectivity index (χ1v) is 15.1. The summed E-state index contributed by atoms with van der Waals surface area (Å²) in [7, 11) is 0. The van der Waals surface area contributed by atoms with Crippen LogP contribution in [0.25, 0.3) is 0 Å². The molecule has 226 valence electrons. The van der Waals surface area contributed by atoms with Gasteiger partial charge in [0.2, 0.25) is 17.7 Å². The van der Waals surface area contributed by atoms with Crippen molar-refractivity contribution in [1.29, 1.82) is 0 Å². The van der Waals surface area contributed by atoms with E-state index >= 15 is 0 Å². The highest BCUT2D eigenvalue weighted by Crippen LogP contribution is 2.65. The average molecular weight is 571 g/mol. The van der Waals surface area contributed by atoms with Crippen molar-refractivity contribution < 1.29 is 29.0 Å². The molecule has 3 unspecified atom stereocenters. The Labute approximate surface area is 243 Å². The van der Waals surface area contributed by atoms with E-state index in [0.717, 1.165) is 18.7 Å². The Morgan fingerprint density at radius 3 is 2.49 bits per heavy atom. The summed E-state index contributed by atoms with van der Waals surface area (Å²) in [6.45, 7) is 12.2. The highest BCUT2D eigenvalue weighted by atomic mass is 16.5. The third kappa shape index (κ3) is 5.40. The van der Waals surface area contributed by atoms with Crippen molar-refractivity contribution in [2.45, 2.75) is 70.4 Å². The predicted octanol–water partition coefficient (Wildman–Crippen LogP) is 1.17. The number of ether oxygens (including phenoxy) is 2. The van der Waals surface area contributed by atoms with E-state index < -0.39 is 35.1 Å². The first kappa shape index (κ1) is 29.9. The van der Waals surface area contributed by atoms with Gasteiger partial charge in [0.1, 0.15) is 11.6 Å². The largest absolute Gasteiger partial charge is 0.394 e. The van der Waals surface area contributed by atoms with E-state index in [4.69, 9.17) is 9.47 Å². The number of aliphatic hydroxyl groups is 1. The van der Waals surface area contributed by atoms with E-state index in [1.807, 2.05) is 58.0 Å². The van der Waals surface area contributed by atoms with Gasteiger partial charge in [0.05, 0.1) is 43.3 Å². The van der Waals surface area contributed by atoms with Crippen molar-refractivity contribution in [3.8, 4) is 0 Å². The maximum absolute atomic E-state index is 14.4. The molecule has 1 aromatic carbocycles. The molecule has 4 fully saturated rings. The highest BCUT2D eigenvalue weighted by Gasteiger charge is 2.80. The Balaban J connectivity index is 1.43. The van der Waals surface area contributed by atoms with Gasteiger partial charge in [-0.25, -0.2) is 0 Å². The van der Waals surface area contributed by atoms with Crippen molar-refractivity contribution >= 4 is 17.7 Å². The molecular formula is C31H46N4O6. The number of fused-ring (bicyclic) bond motifs is 1. The lowest BCUT2D eigenvalue weighted by molar-refractivity contribution is -0.151. The fraction of sp³-hybridized carbons (Fsp3) is 0.710. The lowest BCUT2D eigenvalue weighted by Gasteiger charge is -2.37. The molecule has 3 amide bonds. The molecule has 3 N–H and O–H groups in total. The number of amides is 3. The summed E-state index contributed by atoms with van der Waals surface area (Å²) < 4.78 is 12.2. The second kappa shape index (κ2) is 12.0. The van der Waals surface area contributed by atoms with Gasteiger partial charge in [-0.05, 0) is 37.2 Å². The van der Waals surface area contributed by atoms with Crippen LogP contribution >= 0.6 is 0 Å². The fourth-order valence-corrected chi connectivity index (χ4v) is 7.74. The highest BCUT2D eigenvalue weighted by molar-refractivity contribution is 5.99. The minimum atomic E-state index is -1.13. The molecule has 4 aliphatic rings. The SMILES string of the molecule is CC(C)C[C@H](CO)N1C(=O)[C@@H]2[C@@H](C(=O)NCc3ccccc3)[C@]3(C)OC2(CC3C)C1C(=O)NCCN1CCOCC1. The topological polar surface area (TPSA) is 120 Å². The maximum Gasteiger partial charge on any atom is 0.245 e. The Morgan fingerprint density at radius 2 is 1.83 bits per heavy atom. The minimum absolute atomic E-state index is 0.0414. The average Bonchev–Trinajstić information content (AvgIpc) is 3.48. The van der Waals surface area contributed by atoms with Gasteiger partial charge in [-0.15, -0.1) is 0 Å².